The van der Waals surface area contributed by atoms with E-state index in [0.29, 0.717) is 12.1 Å². The molecule has 0 radical (unpaired) electrons. The molecule has 0 aromatic carbocycles. The van der Waals surface area contributed by atoms with E-state index in [4.69, 9.17) is 14.2 Å². The third kappa shape index (κ3) is 4.33. The Kier molecular flexibility index (Phi) is 6.65. The summed E-state index contributed by atoms with van der Waals surface area (Å²) in [5, 5.41) is 22.6. The van der Waals surface area contributed by atoms with Crippen molar-refractivity contribution in [2.45, 2.75) is 38.4 Å². The summed E-state index contributed by atoms with van der Waals surface area (Å²) in [6, 6.07) is 1.57. The molecule has 2 aromatic heterocycles. The maximum atomic E-state index is 12.4. The molecule has 0 bridgehead atoms. The average Bonchev–Trinajstić information content (AvgIpc) is 3.23. The van der Waals surface area contributed by atoms with Gasteiger partial charge < -0.3 is 39.3 Å². The Hall–Kier alpha value is -2.31. The molecule has 29 heavy (non-hydrogen) atoms. The van der Waals surface area contributed by atoms with E-state index in [9.17, 15) is 19.8 Å². The van der Waals surface area contributed by atoms with E-state index in [1.807, 2.05) is 0 Å². The fraction of sp³-hybridized carbons (Fsp3) is 0.611. The molecule has 11 heteroatoms. The number of aromatic amines is 1. The summed E-state index contributed by atoms with van der Waals surface area (Å²) in [5.74, 6) is -0.298. The summed E-state index contributed by atoms with van der Waals surface area (Å²) in [4.78, 5) is 31.1. The smallest absolute Gasteiger partial charge is 0.277 e. The molecule has 3 heterocycles. The monoisotopic (exact) mass is 410 g/mol. The number of aromatic nitrogens is 3. The Labute approximate surface area is 166 Å². The molecule has 11 nitrogen and oxygen atoms in total. The van der Waals surface area contributed by atoms with Crippen LogP contribution in [0, 0.1) is 5.92 Å². The number of carbonyl (C=O) groups is 1. The second-order valence-corrected chi connectivity index (χ2v) is 7.11. The number of rotatable bonds is 8. The van der Waals surface area contributed by atoms with Gasteiger partial charge in [-0.25, -0.2) is 4.98 Å². The zero-order valence-electron chi connectivity index (χ0n) is 16.5. The minimum atomic E-state index is -1.08. The molecule has 4 atom stereocenters. The van der Waals surface area contributed by atoms with Crippen LogP contribution in [-0.2, 0) is 19.0 Å². The molecule has 1 aliphatic rings. The van der Waals surface area contributed by atoms with Crippen LogP contribution in [0.15, 0.2) is 17.2 Å². The molecule has 0 spiro atoms. The summed E-state index contributed by atoms with van der Waals surface area (Å²) in [5.41, 5.74) is 0.0621. The van der Waals surface area contributed by atoms with Crippen LogP contribution < -0.4 is 10.9 Å². The molecule has 160 valence electrons. The van der Waals surface area contributed by atoms with Gasteiger partial charge in [0.1, 0.15) is 24.1 Å². The Morgan fingerprint density at radius 1 is 1.45 bits per heavy atom. The molecule has 2 aromatic rings. The van der Waals surface area contributed by atoms with Crippen LogP contribution in [0.4, 0.5) is 5.82 Å². The number of carbonyl (C=O) groups excluding carboxylic acids is 1. The quantitative estimate of drug-likeness (QED) is 0.430. The molecule has 1 amide bonds. The number of fused-ring (bicyclic) bond motifs is 1. The molecule has 0 aliphatic carbocycles. The van der Waals surface area contributed by atoms with E-state index in [1.165, 1.54) is 13.4 Å². The standard InChI is InChI=1S/C18H26N4O7/c1-9(2)16(25)20-12-6-10-13(17(26)21-12)19-8-22(10)18-15(28-5-4-27-3)14(24)11(7-23)29-18/h6,8-9,11,14-15,18,23-24H,4-5,7H2,1-3H3,(H2,20,21,25,26)/t11-,14-,15-,18-/m1/s1. The van der Waals surface area contributed by atoms with Crippen molar-refractivity contribution in [3.05, 3.63) is 22.7 Å². The van der Waals surface area contributed by atoms with Gasteiger partial charge in [-0.05, 0) is 0 Å². The fourth-order valence-electron chi connectivity index (χ4n) is 3.13. The minimum Gasteiger partial charge on any atom is -0.394 e. The highest BCUT2D eigenvalue weighted by Crippen LogP contribution is 2.33. The molecular weight excluding hydrogens is 384 g/mol. The van der Waals surface area contributed by atoms with Gasteiger partial charge in [0.15, 0.2) is 11.7 Å². The number of nitrogens with one attached hydrogen (secondary N) is 2. The topological polar surface area (TPSA) is 148 Å². The van der Waals surface area contributed by atoms with Crippen molar-refractivity contribution in [2.75, 3.05) is 32.2 Å². The van der Waals surface area contributed by atoms with Crippen LogP contribution in [0.1, 0.15) is 20.1 Å². The van der Waals surface area contributed by atoms with Crippen molar-refractivity contribution < 1.29 is 29.2 Å². The second kappa shape index (κ2) is 9.01. The van der Waals surface area contributed by atoms with Crippen LogP contribution in [-0.4, -0.2) is 75.9 Å². The number of aliphatic hydroxyl groups excluding tert-OH is 2. The van der Waals surface area contributed by atoms with Gasteiger partial charge in [0.25, 0.3) is 5.56 Å². The number of hydrogen-bond donors (Lipinski definition) is 4. The molecule has 3 rings (SSSR count). The van der Waals surface area contributed by atoms with Crippen LogP contribution in [0.3, 0.4) is 0 Å². The van der Waals surface area contributed by atoms with Gasteiger partial charge in [0, 0.05) is 19.1 Å². The molecule has 1 saturated heterocycles. The lowest BCUT2D eigenvalue weighted by Gasteiger charge is -2.22. The maximum absolute atomic E-state index is 12.4. The highest BCUT2D eigenvalue weighted by atomic mass is 16.6. The number of anilines is 1. The van der Waals surface area contributed by atoms with Crippen molar-refractivity contribution >= 4 is 22.8 Å². The molecule has 0 unspecified atom stereocenters. The summed E-state index contributed by atoms with van der Waals surface area (Å²) in [6.07, 6.45) is -2.18. The van der Waals surface area contributed by atoms with Crippen LogP contribution in [0.5, 0.6) is 0 Å². The number of amides is 1. The van der Waals surface area contributed by atoms with Gasteiger partial charge in [-0.1, -0.05) is 13.8 Å². The lowest BCUT2D eigenvalue weighted by Crippen LogP contribution is -2.36. The number of aliphatic hydroxyl groups is 2. The van der Waals surface area contributed by atoms with Crippen LogP contribution in [0.25, 0.3) is 11.0 Å². The number of pyridine rings is 1. The zero-order chi connectivity index (χ0) is 21.1. The van der Waals surface area contributed by atoms with E-state index in [0.717, 1.165) is 0 Å². The molecule has 4 N–H and O–H groups in total. The van der Waals surface area contributed by atoms with Crippen molar-refractivity contribution in [3.8, 4) is 0 Å². The molecular formula is C18H26N4O7. The normalized spacial score (nSPS) is 24.5. The summed E-state index contributed by atoms with van der Waals surface area (Å²) in [7, 11) is 1.53. The van der Waals surface area contributed by atoms with Crippen LogP contribution >= 0.6 is 0 Å². The number of nitrogens with zero attached hydrogens (tertiary/aromatic N) is 2. The lowest BCUT2D eigenvalue weighted by atomic mass is 10.1. The lowest BCUT2D eigenvalue weighted by molar-refractivity contribution is -0.118. The second-order valence-electron chi connectivity index (χ2n) is 7.11. The Balaban J connectivity index is 1.97. The average molecular weight is 410 g/mol. The first-order valence-electron chi connectivity index (χ1n) is 9.33. The predicted octanol–water partition coefficient (Wildman–Crippen LogP) is -0.399. The number of hydrogen-bond acceptors (Lipinski definition) is 8. The van der Waals surface area contributed by atoms with E-state index < -0.39 is 36.7 Å². The van der Waals surface area contributed by atoms with Gasteiger partial charge in [0.2, 0.25) is 5.91 Å². The maximum Gasteiger partial charge on any atom is 0.277 e. The van der Waals surface area contributed by atoms with Crippen molar-refractivity contribution in [3.63, 3.8) is 0 Å². The van der Waals surface area contributed by atoms with E-state index in [1.54, 1.807) is 24.5 Å². The summed E-state index contributed by atoms with van der Waals surface area (Å²) >= 11 is 0. The SMILES string of the molecule is COCCO[C@@H]1[C@H](O)[C@@H](CO)O[C@H]1n1cnc2c(=O)[nH]c(NC(=O)C(C)C)cc21. The van der Waals surface area contributed by atoms with Crippen molar-refractivity contribution in [1.82, 2.24) is 14.5 Å². The highest BCUT2D eigenvalue weighted by molar-refractivity contribution is 5.92. The summed E-state index contributed by atoms with van der Waals surface area (Å²) < 4.78 is 18.0. The molecule has 1 fully saturated rings. The van der Waals surface area contributed by atoms with Gasteiger partial charge in [-0.2, -0.15) is 0 Å². The van der Waals surface area contributed by atoms with Gasteiger partial charge in [0.05, 0.1) is 31.7 Å². The van der Waals surface area contributed by atoms with Crippen LogP contribution in [0.2, 0.25) is 0 Å². The number of H-pyrrole nitrogens is 1. The summed E-state index contributed by atoms with van der Waals surface area (Å²) in [6.45, 7) is 3.60. The van der Waals surface area contributed by atoms with Gasteiger partial charge in [-0.3, -0.25) is 9.59 Å². The van der Waals surface area contributed by atoms with E-state index in [2.05, 4.69) is 15.3 Å². The Morgan fingerprint density at radius 2 is 2.21 bits per heavy atom. The van der Waals surface area contributed by atoms with Crippen molar-refractivity contribution in [2.24, 2.45) is 5.92 Å². The zero-order valence-corrected chi connectivity index (χ0v) is 16.5. The largest absolute Gasteiger partial charge is 0.394 e. The third-order valence-corrected chi connectivity index (χ3v) is 4.72. The third-order valence-electron chi connectivity index (χ3n) is 4.72. The van der Waals surface area contributed by atoms with Gasteiger partial charge >= 0.3 is 0 Å². The number of ether oxygens (including phenoxy) is 3. The highest BCUT2D eigenvalue weighted by Gasteiger charge is 2.45. The Morgan fingerprint density at radius 3 is 2.86 bits per heavy atom. The fourth-order valence-corrected chi connectivity index (χ4v) is 3.13. The molecule has 0 saturated carbocycles. The van der Waals surface area contributed by atoms with E-state index >= 15 is 0 Å². The first kappa shape index (κ1) is 21.4. The first-order valence-corrected chi connectivity index (χ1v) is 9.33. The van der Waals surface area contributed by atoms with Crippen molar-refractivity contribution in [1.29, 1.82) is 0 Å². The number of methoxy groups -OCH3 is 1. The number of imidazole rings is 1. The predicted molar refractivity (Wildman–Crippen MR) is 102 cm³/mol. The molecule has 1 aliphatic heterocycles. The van der Waals surface area contributed by atoms with E-state index in [-0.39, 0.29) is 29.8 Å². The van der Waals surface area contributed by atoms with Gasteiger partial charge in [-0.15, -0.1) is 0 Å². The first-order chi connectivity index (χ1) is 13.9. The Bertz CT molecular complexity index is 909. The minimum absolute atomic E-state index is 0.147.